The number of piperazine rings is 1. The first kappa shape index (κ1) is 23.2. The zero-order valence-corrected chi connectivity index (χ0v) is 20.1. The smallest absolute Gasteiger partial charge is 0.255 e. The molecule has 4 rings (SSSR count). The maximum absolute atomic E-state index is 14.0. The normalized spacial score (nSPS) is 16.0. The van der Waals surface area contributed by atoms with Gasteiger partial charge in [-0.3, -0.25) is 19.4 Å². The molecule has 0 aromatic heterocycles. The monoisotopic (exact) mass is 459 g/mol. The number of amides is 2. The number of ether oxygens (including phenoxy) is 2. The molecule has 1 atom stereocenters. The number of rotatable bonds is 6. The van der Waals surface area contributed by atoms with Gasteiger partial charge in [-0.2, -0.15) is 0 Å². The van der Waals surface area contributed by atoms with E-state index in [1.54, 1.807) is 30.2 Å². The number of nitrogens with zero attached hydrogens (tertiary/aromatic N) is 3. The van der Waals surface area contributed by atoms with E-state index in [1.165, 1.54) is 12.0 Å². The van der Waals surface area contributed by atoms with E-state index in [4.69, 9.17) is 9.47 Å². The molecular formula is C27H29N3O4. The van der Waals surface area contributed by atoms with Gasteiger partial charge >= 0.3 is 0 Å². The third-order valence-corrected chi connectivity index (χ3v) is 6.04. The van der Waals surface area contributed by atoms with Gasteiger partial charge in [0.1, 0.15) is 24.1 Å². The van der Waals surface area contributed by atoms with E-state index in [0.29, 0.717) is 22.9 Å². The minimum absolute atomic E-state index is 0.0956. The Labute approximate surface area is 200 Å². The summed E-state index contributed by atoms with van der Waals surface area (Å²) in [6.07, 6.45) is 0. The average molecular weight is 460 g/mol. The summed E-state index contributed by atoms with van der Waals surface area (Å²) in [6, 6.07) is 19.8. The predicted octanol–water partition coefficient (Wildman–Crippen LogP) is 4.20. The number of carbonyl (C=O) groups excluding carboxylic acids is 2. The van der Waals surface area contributed by atoms with Crippen LogP contribution in [0.15, 0.2) is 66.7 Å². The molecule has 176 valence electrons. The summed E-state index contributed by atoms with van der Waals surface area (Å²) in [5, 5.41) is 0. The number of carbonyl (C=O) groups is 2. The van der Waals surface area contributed by atoms with Gasteiger partial charge in [0.15, 0.2) is 0 Å². The van der Waals surface area contributed by atoms with E-state index in [-0.39, 0.29) is 18.4 Å². The number of aryl methyl sites for hydroxylation is 1. The van der Waals surface area contributed by atoms with E-state index in [1.807, 2.05) is 74.4 Å². The third kappa shape index (κ3) is 4.29. The molecule has 0 spiro atoms. The fourth-order valence-corrected chi connectivity index (χ4v) is 4.15. The highest BCUT2D eigenvalue weighted by molar-refractivity contribution is 6.15. The Morgan fingerprint density at radius 1 is 0.882 bits per heavy atom. The predicted molar refractivity (Wildman–Crippen MR) is 134 cm³/mol. The van der Waals surface area contributed by atoms with Crippen molar-refractivity contribution >= 4 is 28.9 Å². The van der Waals surface area contributed by atoms with Crippen LogP contribution in [0.1, 0.15) is 17.2 Å². The standard InChI is InChI=1S/C27H29N3O4/c1-18-6-10-21(11-7-18)30-25(31)17-29(23-15-14-22(33-4)16-24(23)34-5)27(32)26(30)19-8-12-20(13-9-19)28(2)3/h6-16,26H,17H2,1-5H3/t26-/m1/s1. The topological polar surface area (TPSA) is 62.3 Å². The molecule has 3 aromatic rings. The van der Waals surface area contributed by atoms with Crippen LogP contribution in [0.25, 0.3) is 0 Å². The summed E-state index contributed by atoms with van der Waals surface area (Å²) in [5.41, 5.74) is 4.04. The lowest BCUT2D eigenvalue weighted by atomic mass is 9.98. The molecule has 0 aliphatic carbocycles. The van der Waals surface area contributed by atoms with Gasteiger partial charge in [-0.1, -0.05) is 29.8 Å². The van der Waals surface area contributed by atoms with Gasteiger partial charge in [0.25, 0.3) is 5.91 Å². The van der Waals surface area contributed by atoms with Crippen molar-refractivity contribution in [3.05, 3.63) is 77.9 Å². The molecule has 0 radical (unpaired) electrons. The van der Waals surface area contributed by atoms with Crippen molar-refractivity contribution in [2.45, 2.75) is 13.0 Å². The second-order valence-electron chi connectivity index (χ2n) is 8.45. The summed E-state index contributed by atoms with van der Waals surface area (Å²) in [4.78, 5) is 32.6. The lowest BCUT2D eigenvalue weighted by Gasteiger charge is -2.41. The van der Waals surface area contributed by atoms with E-state index < -0.39 is 6.04 Å². The number of anilines is 3. The first-order valence-electron chi connectivity index (χ1n) is 11.0. The summed E-state index contributed by atoms with van der Waals surface area (Å²) >= 11 is 0. The summed E-state index contributed by atoms with van der Waals surface area (Å²) in [6.45, 7) is 1.89. The van der Waals surface area contributed by atoms with E-state index >= 15 is 0 Å². The van der Waals surface area contributed by atoms with Crippen molar-refractivity contribution in [2.75, 3.05) is 49.6 Å². The molecule has 1 aliphatic rings. The molecular weight excluding hydrogens is 430 g/mol. The Morgan fingerprint density at radius 2 is 1.56 bits per heavy atom. The molecule has 0 N–H and O–H groups in total. The van der Waals surface area contributed by atoms with Crippen LogP contribution in [0, 0.1) is 6.92 Å². The van der Waals surface area contributed by atoms with Crippen molar-refractivity contribution in [3.63, 3.8) is 0 Å². The highest BCUT2D eigenvalue weighted by Crippen LogP contribution is 2.39. The van der Waals surface area contributed by atoms with E-state index in [2.05, 4.69) is 0 Å². The molecule has 7 heteroatoms. The van der Waals surface area contributed by atoms with E-state index in [9.17, 15) is 9.59 Å². The molecule has 3 aromatic carbocycles. The fourth-order valence-electron chi connectivity index (χ4n) is 4.15. The maximum atomic E-state index is 14.0. The van der Waals surface area contributed by atoms with Crippen LogP contribution in [-0.4, -0.2) is 46.7 Å². The molecule has 0 unspecified atom stereocenters. The van der Waals surface area contributed by atoms with Crippen molar-refractivity contribution in [1.82, 2.24) is 0 Å². The Kier molecular flexibility index (Phi) is 6.45. The Balaban J connectivity index is 1.81. The Morgan fingerprint density at radius 3 is 2.15 bits per heavy atom. The molecule has 1 saturated heterocycles. The molecule has 0 saturated carbocycles. The number of hydrogen-bond acceptors (Lipinski definition) is 5. The Bertz CT molecular complexity index is 1190. The van der Waals surface area contributed by atoms with Gasteiger partial charge in [0.05, 0.1) is 19.9 Å². The zero-order chi connectivity index (χ0) is 24.4. The summed E-state index contributed by atoms with van der Waals surface area (Å²) < 4.78 is 10.8. The third-order valence-electron chi connectivity index (χ3n) is 6.04. The molecule has 1 fully saturated rings. The maximum Gasteiger partial charge on any atom is 0.255 e. The summed E-state index contributed by atoms with van der Waals surface area (Å²) in [7, 11) is 7.02. The second-order valence-corrected chi connectivity index (χ2v) is 8.45. The first-order chi connectivity index (χ1) is 16.3. The van der Waals surface area contributed by atoms with Crippen molar-refractivity contribution in [2.24, 2.45) is 0 Å². The lowest BCUT2D eigenvalue weighted by molar-refractivity contribution is -0.128. The number of benzene rings is 3. The highest BCUT2D eigenvalue weighted by Gasteiger charge is 2.42. The van der Waals surface area contributed by atoms with Crippen LogP contribution in [0.3, 0.4) is 0 Å². The second kappa shape index (κ2) is 9.47. The van der Waals surface area contributed by atoms with Crippen LogP contribution < -0.4 is 24.2 Å². The van der Waals surface area contributed by atoms with Crippen molar-refractivity contribution in [3.8, 4) is 11.5 Å². The van der Waals surface area contributed by atoms with Gasteiger partial charge in [0.2, 0.25) is 5.91 Å². The van der Waals surface area contributed by atoms with Crippen LogP contribution in [0.4, 0.5) is 17.1 Å². The number of hydrogen-bond donors (Lipinski definition) is 0. The molecule has 7 nitrogen and oxygen atoms in total. The molecule has 2 amide bonds. The van der Waals surface area contributed by atoms with Gasteiger partial charge in [0, 0.05) is 31.5 Å². The highest BCUT2D eigenvalue weighted by atomic mass is 16.5. The molecule has 1 aliphatic heterocycles. The average Bonchev–Trinajstić information content (AvgIpc) is 2.85. The summed E-state index contributed by atoms with van der Waals surface area (Å²) in [5.74, 6) is 0.684. The van der Waals surface area contributed by atoms with Gasteiger partial charge in [-0.25, -0.2) is 0 Å². The van der Waals surface area contributed by atoms with Crippen LogP contribution in [-0.2, 0) is 9.59 Å². The van der Waals surface area contributed by atoms with Gasteiger partial charge in [-0.15, -0.1) is 0 Å². The van der Waals surface area contributed by atoms with Gasteiger partial charge in [-0.05, 0) is 48.9 Å². The first-order valence-corrected chi connectivity index (χ1v) is 11.0. The van der Waals surface area contributed by atoms with Crippen LogP contribution in [0.2, 0.25) is 0 Å². The van der Waals surface area contributed by atoms with Gasteiger partial charge < -0.3 is 14.4 Å². The minimum Gasteiger partial charge on any atom is -0.497 e. The zero-order valence-electron chi connectivity index (χ0n) is 20.1. The van der Waals surface area contributed by atoms with Crippen molar-refractivity contribution in [1.29, 1.82) is 0 Å². The SMILES string of the molecule is COc1ccc(N2CC(=O)N(c3ccc(C)cc3)[C@H](c3ccc(N(C)C)cc3)C2=O)c(OC)c1. The number of methoxy groups -OCH3 is 2. The van der Waals surface area contributed by atoms with Crippen LogP contribution in [0.5, 0.6) is 11.5 Å². The quantitative estimate of drug-likeness (QED) is 0.553. The largest absolute Gasteiger partial charge is 0.497 e. The van der Waals surface area contributed by atoms with E-state index in [0.717, 1.165) is 16.8 Å². The lowest BCUT2D eigenvalue weighted by Crippen LogP contribution is -2.56. The fraction of sp³-hybridized carbons (Fsp3) is 0.259. The molecule has 0 bridgehead atoms. The van der Waals surface area contributed by atoms with Crippen molar-refractivity contribution < 1.29 is 19.1 Å². The Hall–Kier alpha value is -4.00. The minimum atomic E-state index is -0.813. The molecule has 34 heavy (non-hydrogen) atoms. The molecule has 1 heterocycles. The van der Waals surface area contributed by atoms with Crippen LogP contribution >= 0.6 is 0 Å².